The van der Waals surface area contributed by atoms with E-state index in [0.29, 0.717) is 0 Å². The number of carbonyl (C=O) groups excluding carboxylic acids is 1. The highest BCUT2D eigenvalue weighted by molar-refractivity contribution is 8.45. The molecule has 1 saturated carbocycles. The van der Waals surface area contributed by atoms with Crippen LogP contribution >= 0.6 is 10.2 Å². The number of anilines is 1. The summed E-state index contributed by atoms with van der Waals surface area (Å²) in [5, 5.41) is 2.57. The lowest BCUT2D eigenvalue weighted by Crippen LogP contribution is -2.46. The molecule has 1 unspecified atom stereocenters. The monoisotopic (exact) mass is 504 g/mol. The first-order valence-electron chi connectivity index (χ1n) is 9.68. The molecule has 1 N–H and O–H groups in total. The number of alkyl halides is 2. The second kappa shape index (κ2) is 7.71. The van der Waals surface area contributed by atoms with Crippen molar-refractivity contribution in [2.75, 3.05) is 11.9 Å². The molecule has 0 radical (unpaired) electrons. The molecular formula is C19H20F8N4OS. The van der Waals surface area contributed by atoms with Crippen LogP contribution in [0.4, 0.5) is 38.3 Å². The molecule has 184 valence electrons. The predicted octanol–water partition coefficient (Wildman–Crippen LogP) is 6.14. The summed E-state index contributed by atoms with van der Waals surface area (Å²) in [5.74, 6) is -4.66. The normalized spacial score (nSPS) is 19.8. The van der Waals surface area contributed by atoms with Crippen LogP contribution in [0, 0.1) is 5.95 Å². The fourth-order valence-electron chi connectivity index (χ4n) is 3.55. The van der Waals surface area contributed by atoms with E-state index in [0.717, 1.165) is 29.4 Å². The maximum Gasteiger partial charge on any atom is 0.310 e. The molecule has 0 spiro atoms. The fourth-order valence-corrected chi connectivity index (χ4v) is 4.20. The van der Waals surface area contributed by atoms with Crippen molar-refractivity contribution in [1.29, 1.82) is 0 Å². The maximum atomic E-state index is 13.7. The van der Waals surface area contributed by atoms with Gasteiger partial charge in [-0.1, -0.05) is 19.4 Å². The molecule has 1 aliphatic carbocycles. The Labute approximate surface area is 183 Å². The summed E-state index contributed by atoms with van der Waals surface area (Å²) in [4.78, 5) is 19.2. The molecule has 14 heteroatoms. The van der Waals surface area contributed by atoms with Crippen LogP contribution in [-0.4, -0.2) is 34.9 Å². The molecule has 0 aliphatic heterocycles. The van der Waals surface area contributed by atoms with Crippen molar-refractivity contribution in [1.82, 2.24) is 15.3 Å². The number of hydrogen-bond donors (Lipinski definition) is 1. The topological polar surface area (TPSA) is 58.1 Å². The highest BCUT2D eigenvalue weighted by atomic mass is 32.5. The molecule has 1 heterocycles. The molecule has 1 aliphatic rings. The third kappa shape index (κ3) is 6.24. The molecule has 33 heavy (non-hydrogen) atoms. The van der Waals surface area contributed by atoms with Gasteiger partial charge in [0.25, 0.3) is 0 Å². The van der Waals surface area contributed by atoms with Crippen LogP contribution in [0.15, 0.2) is 41.6 Å². The van der Waals surface area contributed by atoms with Crippen molar-refractivity contribution in [3.05, 3.63) is 48.3 Å². The van der Waals surface area contributed by atoms with Crippen molar-refractivity contribution >= 4 is 21.8 Å². The number of amides is 1. The highest BCUT2D eigenvalue weighted by Gasteiger charge is 2.65. The van der Waals surface area contributed by atoms with Gasteiger partial charge in [0, 0.05) is 31.6 Å². The molecule has 1 atom stereocenters. The molecule has 3 rings (SSSR count). The van der Waals surface area contributed by atoms with E-state index >= 15 is 0 Å². The van der Waals surface area contributed by atoms with Crippen molar-refractivity contribution in [3.8, 4) is 0 Å². The van der Waals surface area contributed by atoms with Crippen LogP contribution in [0.25, 0.3) is 0 Å². The lowest BCUT2D eigenvalue weighted by molar-refractivity contribution is -0.124. The van der Waals surface area contributed by atoms with Crippen LogP contribution in [0.2, 0.25) is 0 Å². The fraction of sp³-hybridized carbons (Fsp3) is 0.421. The minimum Gasteiger partial charge on any atom is -0.358 e. The van der Waals surface area contributed by atoms with E-state index in [1.54, 1.807) is 0 Å². The zero-order chi connectivity index (χ0) is 24.7. The molecular weight excluding hydrogens is 484 g/mol. The number of hydrogen-bond acceptors (Lipinski definition) is 4. The minimum atomic E-state index is -9.90. The number of carbonyl (C=O) groups is 1. The maximum absolute atomic E-state index is 13.7. The molecule has 0 bridgehead atoms. The van der Waals surface area contributed by atoms with Crippen molar-refractivity contribution in [2.45, 2.75) is 48.6 Å². The quantitative estimate of drug-likeness (QED) is 0.480. The van der Waals surface area contributed by atoms with E-state index < -0.39 is 57.8 Å². The number of likely N-dealkylation sites (N-methyl/N-ethyl adjacent to an activating group) is 1. The Hall–Kier alpha value is -2.64. The Morgan fingerprint density at radius 1 is 1.09 bits per heavy atom. The Morgan fingerprint density at radius 3 is 2.18 bits per heavy atom. The number of nitrogens with one attached hydrogen (secondary N) is 1. The second-order valence-corrected chi connectivity index (χ2v) is 10.3. The third-order valence-electron chi connectivity index (χ3n) is 5.29. The first-order valence-corrected chi connectivity index (χ1v) is 11.6. The molecule has 1 aromatic heterocycles. The van der Waals surface area contributed by atoms with E-state index in [4.69, 9.17) is 0 Å². The van der Waals surface area contributed by atoms with Gasteiger partial charge in [0.2, 0.25) is 17.8 Å². The summed E-state index contributed by atoms with van der Waals surface area (Å²) in [7, 11) is -8.63. The standard InChI is InChI=1S/C19H20F8N4OS/c1-31(13-2-4-14(5-3-13)33(23,24,25,26)27)17(15-10-28-11-16(20)30-15)18(32)29-12-6-8-19(21,22)9-7-12/h2-5,10-12,17H,6-9H2,1H3,(H,29,32). The van der Waals surface area contributed by atoms with E-state index in [-0.39, 0.29) is 36.4 Å². The number of rotatable bonds is 6. The van der Waals surface area contributed by atoms with E-state index in [1.165, 1.54) is 7.05 Å². The van der Waals surface area contributed by atoms with Crippen LogP contribution in [0.3, 0.4) is 0 Å². The van der Waals surface area contributed by atoms with Crippen LogP contribution in [0.1, 0.15) is 37.4 Å². The number of benzene rings is 1. The van der Waals surface area contributed by atoms with Gasteiger partial charge in [0.15, 0.2) is 6.04 Å². The summed E-state index contributed by atoms with van der Waals surface area (Å²) >= 11 is 0. The Bertz CT molecular complexity index is 1020. The summed E-state index contributed by atoms with van der Waals surface area (Å²) < 4.78 is 105. The first kappa shape index (κ1) is 25.0. The largest absolute Gasteiger partial charge is 0.358 e. The molecule has 2 aromatic rings. The van der Waals surface area contributed by atoms with E-state index in [2.05, 4.69) is 15.3 Å². The van der Waals surface area contributed by atoms with Gasteiger partial charge in [-0.05, 0) is 37.1 Å². The SMILES string of the molecule is CN(c1ccc(S(F)(F)(F)(F)F)cc1)C(C(=O)NC1CCC(F)(F)CC1)c1cncc(F)n1. The van der Waals surface area contributed by atoms with Crippen molar-refractivity contribution in [3.63, 3.8) is 0 Å². The van der Waals surface area contributed by atoms with Gasteiger partial charge in [-0.25, -0.2) is 13.8 Å². The van der Waals surface area contributed by atoms with E-state index in [1.807, 2.05) is 0 Å². The predicted molar refractivity (Wildman–Crippen MR) is 106 cm³/mol. The van der Waals surface area contributed by atoms with Crippen LogP contribution in [-0.2, 0) is 4.79 Å². The molecule has 5 nitrogen and oxygen atoms in total. The van der Waals surface area contributed by atoms with Crippen LogP contribution < -0.4 is 10.2 Å². The van der Waals surface area contributed by atoms with E-state index in [9.17, 15) is 37.4 Å². The summed E-state index contributed by atoms with van der Waals surface area (Å²) in [6, 6.07) is -0.194. The first-order chi connectivity index (χ1) is 14.9. The Morgan fingerprint density at radius 2 is 1.67 bits per heavy atom. The average Bonchev–Trinajstić information content (AvgIpc) is 2.68. The smallest absolute Gasteiger partial charge is 0.310 e. The molecule has 0 saturated heterocycles. The summed E-state index contributed by atoms with van der Waals surface area (Å²) in [6.07, 6.45) is 0.931. The molecule has 1 aromatic carbocycles. The highest BCUT2D eigenvalue weighted by Crippen LogP contribution is 3.02. The Balaban J connectivity index is 1.89. The van der Waals surface area contributed by atoms with Gasteiger partial charge in [-0.3, -0.25) is 9.78 Å². The number of aromatic nitrogens is 2. The van der Waals surface area contributed by atoms with Gasteiger partial charge >= 0.3 is 10.2 Å². The van der Waals surface area contributed by atoms with Crippen molar-refractivity contribution in [2.24, 2.45) is 0 Å². The zero-order valence-corrected chi connectivity index (χ0v) is 17.9. The van der Waals surface area contributed by atoms with Gasteiger partial charge in [0.05, 0.1) is 18.1 Å². The average molecular weight is 504 g/mol. The summed E-state index contributed by atoms with van der Waals surface area (Å²) in [5.41, 5.74) is -0.296. The zero-order valence-electron chi connectivity index (χ0n) is 17.1. The lowest BCUT2D eigenvalue weighted by Gasteiger charge is -2.40. The Kier molecular flexibility index (Phi) is 5.84. The van der Waals surface area contributed by atoms with Gasteiger partial charge < -0.3 is 10.2 Å². The van der Waals surface area contributed by atoms with Crippen LogP contribution in [0.5, 0.6) is 0 Å². The number of halogens is 8. The number of nitrogens with zero attached hydrogens (tertiary/aromatic N) is 3. The van der Waals surface area contributed by atoms with Gasteiger partial charge in [-0.15, -0.1) is 0 Å². The third-order valence-corrected chi connectivity index (χ3v) is 6.46. The second-order valence-electron chi connectivity index (χ2n) is 7.88. The molecule has 1 amide bonds. The van der Waals surface area contributed by atoms with Gasteiger partial charge in [-0.2, -0.15) is 4.39 Å². The van der Waals surface area contributed by atoms with Gasteiger partial charge in [0.1, 0.15) is 4.90 Å². The lowest BCUT2D eigenvalue weighted by atomic mass is 9.92. The summed E-state index contributed by atoms with van der Waals surface area (Å²) in [6.45, 7) is 0. The minimum absolute atomic E-state index is 0.0113. The van der Waals surface area contributed by atoms with Crippen molar-refractivity contribution < 1.29 is 37.4 Å². The molecule has 1 fully saturated rings.